The second-order valence-corrected chi connectivity index (χ2v) is 4.45. The molecule has 0 fully saturated rings. The van der Waals surface area contributed by atoms with E-state index < -0.39 is 0 Å². The molecule has 21 heavy (non-hydrogen) atoms. The lowest BCUT2D eigenvalue weighted by molar-refractivity contribution is 0.0951. The summed E-state index contributed by atoms with van der Waals surface area (Å²) in [5.41, 5.74) is 2.92. The Bertz CT molecular complexity index is 659. The monoisotopic (exact) mass is 280 g/mol. The van der Waals surface area contributed by atoms with E-state index in [9.17, 15) is 4.79 Å². The van der Waals surface area contributed by atoms with Crippen LogP contribution in [0.4, 0.5) is 5.69 Å². The van der Waals surface area contributed by atoms with E-state index in [0.717, 1.165) is 11.3 Å². The number of nitrogens with one attached hydrogen (secondary N) is 2. The highest BCUT2D eigenvalue weighted by Gasteiger charge is 2.06. The Morgan fingerprint density at radius 1 is 1.29 bits per heavy atom. The van der Waals surface area contributed by atoms with Crippen LogP contribution in [0.2, 0.25) is 0 Å². The van der Waals surface area contributed by atoms with Crippen molar-refractivity contribution in [2.45, 2.75) is 13.5 Å². The van der Waals surface area contributed by atoms with Gasteiger partial charge in [0.15, 0.2) is 0 Å². The van der Waals surface area contributed by atoms with Gasteiger partial charge >= 0.3 is 0 Å². The fraction of sp³-hybridized carbons (Fsp3) is 0.188. The number of hydrogen-bond donors (Lipinski definition) is 2. The highest BCUT2D eigenvalue weighted by Crippen LogP contribution is 2.11. The van der Waals surface area contributed by atoms with Gasteiger partial charge in [-0.2, -0.15) is 5.26 Å². The number of carbonyl (C=O) groups is 1. The molecule has 5 heteroatoms. The van der Waals surface area contributed by atoms with Crippen molar-refractivity contribution < 1.29 is 4.79 Å². The molecule has 1 heterocycles. The Labute approximate surface area is 123 Å². The minimum atomic E-state index is -0.181. The number of anilines is 1. The summed E-state index contributed by atoms with van der Waals surface area (Å²) in [5.74, 6) is -0.181. The number of rotatable bonds is 5. The van der Waals surface area contributed by atoms with Crippen molar-refractivity contribution in [2.24, 2.45) is 0 Å². The van der Waals surface area contributed by atoms with E-state index >= 15 is 0 Å². The van der Waals surface area contributed by atoms with Gasteiger partial charge in [-0.1, -0.05) is 12.1 Å². The molecule has 0 aliphatic carbocycles. The molecule has 0 aliphatic heterocycles. The predicted molar refractivity (Wildman–Crippen MR) is 80.7 cm³/mol. The van der Waals surface area contributed by atoms with E-state index in [0.29, 0.717) is 24.3 Å². The highest BCUT2D eigenvalue weighted by molar-refractivity contribution is 5.93. The number of aromatic nitrogens is 1. The van der Waals surface area contributed by atoms with Crippen LogP contribution < -0.4 is 10.6 Å². The smallest absolute Gasteiger partial charge is 0.269 e. The molecule has 0 saturated heterocycles. The zero-order valence-electron chi connectivity index (χ0n) is 11.8. The Morgan fingerprint density at radius 2 is 2.05 bits per heavy atom. The summed E-state index contributed by atoms with van der Waals surface area (Å²) in [7, 11) is 0. The summed E-state index contributed by atoms with van der Waals surface area (Å²) in [6.07, 6.45) is 1.60. The van der Waals surface area contributed by atoms with Gasteiger partial charge in [-0.25, -0.2) is 0 Å². The van der Waals surface area contributed by atoms with Gasteiger partial charge in [0.05, 0.1) is 11.6 Å². The van der Waals surface area contributed by atoms with E-state index in [2.05, 4.69) is 21.7 Å². The second kappa shape index (κ2) is 7.06. The zero-order chi connectivity index (χ0) is 15.1. The first kappa shape index (κ1) is 14.5. The van der Waals surface area contributed by atoms with Gasteiger partial charge in [-0.3, -0.25) is 9.78 Å². The van der Waals surface area contributed by atoms with E-state index in [1.165, 1.54) is 0 Å². The lowest BCUT2D eigenvalue weighted by Crippen LogP contribution is -2.23. The number of hydrogen-bond acceptors (Lipinski definition) is 4. The zero-order valence-corrected chi connectivity index (χ0v) is 11.8. The molecule has 0 aliphatic rings. The first-order chi connectivity index (χ1) is 10.2. The van der Waals surface area contributed by atoms with Crippen molar-refractivity contribution in [1.82, 2.24) is 10.3 Å². The molecule has 0 saturated carbocycles. The van der Waals surface area contributed by atoms with E-state index in [1.807, 2.05) is 25.1 Å². The van der Waals surface area contributed by atoms with Crippen LogP contribution in [0, 0.1) is 11.3 Å². The van der Waals surface area contributed by atoms with Gasteiger partial charge in [0, 0.05) is 25.0 Å². The third kappa shape index (κ3) is 4.05. The molecule has 0 bridgehead atoms. The maximum absolute atomic E-state index is 11.7. The van der Waals surface area contributed by atoms with Crippen molar-refractivity contribution in [1.29, 1.82) is 5.26 Å². The Hall–Kier alpha value is -2.87. The van der Waals surface area contributed by atoms with Crippen LogP contribution in [0.25, 0.3) is 0 Å². The standard InChI is InChI=1S/C16H16N4O/c1-2-18-16(21)15-9-14(7-8-19-15)20-11-13-5-3-12(10-17)4-6-13/h3-9H,2,11H2,1H3,(H,18,21)(H,19,20). The number of benzene rings is 1. The number of nitrogens with zero attached hydrogens (tertiary/aromatic N) is 2. The van der Waals surface area contributed by atoms with Crippen molar-refractivity contribution in [2.75, 3.05) is 11.9 Å². The van der Waals surface area contributed by atoms with Crippen LogP contribution in [0.3, 0.4) is 0 Å². The van der Waals surface area contributed by atoms with E-state index in [4.69, 9.17) is 5.26 Å². The molecule has 2 N–H and O–H groups in total. The number of carbonyl (C=O) groups excluding carboxylic acids is 1. The minimum absolute atomic E-state index is 0.181. The van der Waals surface area contributed by atoms with Crippen molar-refractivity contribution in [3.63, 3.8) is 0 Å². The van der Waals surface area contributed by atoms with Gasteiger partial charge in [0.2, 0.25) is 0 Å². The van der Waals surface area contributed by atoms with E-state index in [-0.39, 0.29) is 5.91 Å². The third-order valence-corrected chi connectivity index (χ3v) is 2.91. The van der Waals surface area contributed by atoms with Crippen LogP contribution >= 0.6 is 0 Å². The van der Waals surface area contributed by atoms with Crippen LogP contribution in [0.1, 0.15) is 28.5 Å². The molecule has 0 spiro atoms. The normalized spacial score (nSPS) is 9.71. The fourth-order valence-electron chi connectivity index (χ4n) is 1.82. The molecule has 1 aromatic carbocycles. The Balaban J connectivity index is 2.01. The average molecular weight is 280 g/mol. The lowest BCUT2D eigenvalue weighted by Gasteiger charge is -2.08. The molecule has 0 radical (unpaired) electrons. The summed E-state index contributed by atoms with van der Waals surface area (Å²) in [4.78, 5) is 15.8. The molecule has 2 rings (SSSR count). The summed E-state index contributed by atoms with van der Waals surface area (Å²) in [6.45, 7) is 3.05. The Kier molecular flexibility index (Phi) is 4.89. The summed E-state index contributed by atoms with van der Waals surface area (Å²) >= 11 is 0. The topological polar surface area (TPSA) is 77.8 Å². The van der Waals surface area contributed by atoms with Gasteiger partial charge in [0.25, 0.3) is 5.91 Å². The van der Waals surface area contributed by atoms with E-state index in [1.54, 1.807) is 24.4 Å². The molecule has 1 amide bonds. The molecule has 0 unspecified atom stereocenters. The van der Waals surface area contributed by atoms with Gasteiger partial charge < -0.3 is 10.6 Å². The van der Waals surface area contributed by atoms with Crippen LogP contribution in [0.15, 0.2) is 42.6 Å². The first-order valence-electron chi connectivity index (χ1n) is 6.70. The predicted octanol–water partition coefficient (Wildman–Crippen LogP) is 2.32. The highest BCUT2D eigenvalue weighted by atomic mass is 16.1. The van der Waals surface area contributed by atoms with Crippen LogP contribution in [-0.4, -0.2) is 17.4 Å². The molecule has 1 aromatic heterocycles. The van der Waals surface area contributed by atoms with Crippen molar-refractivity contribution in [3.8, 4) is 6.07 Å². The SMILES string of the molecule is CCNC(=O)c1cc(NCc2ccc(C#N)cc2)ccn1. The maximum Gasteiger partial charge on any atom is 0.269 e. The molecular formula is C16H16N4O. The van der Waals surface area contributed by atoms with Gasteiger partial charge in [-0.05, 0) is 36.8 Å². The van der Waals surface area contributed by atoms with Crippen LogP contribution in [0.5, 0.6) is 0 Å². The maximum atomic E-state index is 11.7. The number of amides is 1. The third-order valence-electron chi connectivity index (χ3n) is 2.91. The van der Waals surface area contributed by atoms with Gasteiger partial charge in [-0.15, -0.1) is 0 Å². The summed E-state index contributed by atoms with van der Waals surface area (Å²) < 4.78 is 0. The summed E-state index contributed by atoms with van der Waals surface area (Å²) in [5, 5.41) is 14.7. The van der Waals surface area contributed by atoms with Gasteiger partial charge in [0.1, 0.15) is 5.69 Å². The second-order valence-electron chi connectivity index (χ2n) is 4.45. The fourth-order valence-corrected chi connectivity index (χ4v) is 1.82. The number of nitriles is 1. The molecule has 0 atom stereocenters. The number of pyridine rings is 1. The van der Waals surface area contributed by atoms with Crippen LogP contribution in [-0.2, 0) is 6.54 Å². The minimum Gasteiger partial charge on any atom is -0.381 e. The van der Waals surface area contributed by atoms with Crippen molar-refractivity contribution >= 4 is 11.6 Å². The summed E-state index contributed by atoms with van der Waals surface area (Å²) in [6, 6.07) is 13.0. The first-order valence-corrected chi connectivity index (χ1v) is 6.70. The molecular weight excluding hydrogens is 264 g/mol. The molecule has 106 valence electrons. The average Bonchev–Trinajstić information content (AvgIpc) is 2.54. The Morgan fingerprint density at radius 3 is 2.71 bits per heavy atom. The lowest BCUT2D eigenvalue weighted by atomic mass is 10.1. The largest absolute Gasteiger partial charge is 0.381 e. The quantitative estimate of drug-likeness (QED) is 0.881. The molecule has 5 nitrogen and oxygen atoms in total. The molecule has 2 aromatic rings. The van der Waals surface area contributed by atoms with Crippen molar-refractivity contribution in [3.05, 3.63) is 59.4 Å².